The van der Waals surface area contributed by atoms with E-state index in [1.807, 2.05) is 19.1 Å². The number of ether oxygens (including phenoxy) is 1. The summed E-state index contributed by atoms with van der Waals surface area (Å²) in [7, 11) is 2.98. The van der Waals surface area contributed by atoms with Crippen LogP contribution >= 0.6 is 0 Å². The predicted octanol–water partition coefficient (Wildman–Crippen LogP) is 2.64. The molecule has 0 aliphatic rings. The van der Waals surface area contributed by atoms with E-state index in [1.54, 1.807) is 0 Å². The van der Waals surface area contributed by atoms with Gasteiger partial charge in [0.25, 0.3) is 10.5 Å². The third kappa shape index (κ3) is 3.07. The molecule has 0 N–H and O–H groups in total. The van der Waals surface area contributed by atoms with Gasteiger partial charge >= 0.3 is 0 Å². The summed E-state index contributed by atoms with van der Waals surface area (Å²) in [5, 5.41) is 0. The smallest absolute Gasteiger partial charge is 0.251 e. The van der Waals surface area contributed by atoms with Crippen LogP contribution in [0.4, 0.5) is 0 Å². The van der Waals surface area contributed by atoms with Crippen LogP contribution in [0.15, 0.2) is 18.2 Å². The average Bonchev–Trinajstić information content (AvgIpc) is 2.28. The standard InChI is InChI=1S/C12H17O2Si/c1-4-10-7-6-8-12(11(10)5-2)13-9(3)14-15/h6-9H,4-5H2,1-3H3. The first-order valence-corrected chi connectivity index (χ1v) is 5.73. The Morgan fingerprint density at radius 1 is 1.27 bits per heavy atom. The van der Waals surface area contributed by atoms with Crippen molar-refractivity contribution in [1.29, 1.82) is 0 Å². The van der Waals surface area contributed by atoms with Crippen molar-refractivity contribution in [1.82, 2.24) is 0 Å². The van der Waals surface area contributed by atoms with E-state index < -0.39 is 0 Å². The lowest BCUT2D eigenvalue weighted by Gasteiger charge is -2.17. The monoisotopic (exact) mass is 221 g/mol. The van der Waals surface area contributed by atoms with Crippen LogP contribution in [0.25, 0.3) is 0 Å². The Morgan fingerprint density at radius 2 is 2.00 bits per heavy atom. The van der Waals surface area contributed by atoms with E-state index in [9.17, 15) is 0 Å². The molecule has 1 unspecified atom stereocenters. The number of hydrogen-bond donors (Lipinski definition) is 0. The van der Waals surface area contributed by atoms with Gasteiger partial charge in [0.15, 0.2) is 6.29 Å². The minimum Gasteiger partial charge on any atom is -0.466 e. The maximum absolute atomic E-state index is 5.66. The minimum absolute atomic E-state index is 0.279. The second kappa shape index (κ2) is 5.93. The van der Waals surface area contributed by atoms with Crippen LogP contribution in [0.2, 0.25) is 0 Å². The Kier molecular flexibility index (Phi) is 4.85. The molecule has 1 aromatic carbocycles. The van der Waals surface area contributed by atoms with Crippen molar-refractivity contribution in [3.63, 3.8) is 0 Å². The predicted molar refractivity (Wildman–Crippen MR) is 62.1 cm³/mol. The van der Waals surface area contributed by atoms with E-state index >= 15 is 0 Å². The summed E-state index contributed by atoms with van der Waals surface area (Å²) in [4.78, 5) is 0. The maximum Gasteiger partial charge on any atom is 0.251 e. The molecular formula is C12H17O2Si. The molecule has 1 aromatic rings. The minimum atomic E-state index is -0.279. The van der Waals surface area contributed by atoms with Crippen molar-refractivity contribution in [2.45, 2.75) is 39.9 Å². The number of rotatable bonds is 5. The van der Waals surface area contributed by atoms with Crippen LogP contribution < -0.4 is 4.74 Å². The van der Waals surface area contributed by atoms with E-state index in [4.69, 9.17) is 9.16 Å². The molecule has 0 bridgehead atoms. The molecular weight excluding hydrogens is 204 g/mol. The van der Waals surface area contributed by atoms with Gasteiger partial charge < -0.3 is 9.16 Å². The summed E-state index contributed by atoms with van der Waals surface area (Å²) >= 11 is 0. The van der Waals surface area contributed by atoms with Crippen molar-refractivity contribution in [2.24, 2.45) is 0 Å². The molecule has 0 saturated carbocycles. The van der Waals surface area contributed by atoms with Crippen LogP contribution in [-0.2, 0) is 17.3 Å². The van der Waals surface area contributed by atoms with Gasteiger partial charge in [-0.15, -0.1) is 0 Å². The SMILES string of the molecule is CCc1cccc(OC(C)O[Si])c1CC. The second-order valence-electron chi connectivity index (χ2n) is 3.40. The van der Waals surface area contributed by atoms with Crippen molar-refractivity contribution in [2.75, 3.05) is 0 Å². The van der Waals surface area contributed by atoms with Crippen LogP contribution in [-0.4, -0.2) is 16.8 Å². The van der Waals surface area contributed by atoms with Gasteiger partial charge in [0, 0.05) is 0 Å². The largest absolute Gasteiger partial charge is 0.466 e. The van der Waals surface area contributed by atoms with E-state index in [1.165, 1.54) is 11.1 Å². The summed E-state index contributed by atoms with van der Waals surface area (Å²) in [6, 6.07) is 6.15. The Labute approximate surface area is 95.1 Å². The van der Waals surface area contributed by atoms with Gasteiger partial charge in [-0.2, -0.15) is 0 Å². The molecule has 81 valence electrons. The molecule has 3 heteroatoms. The van der Waals surface area contributed by atoms with E-state index in [2.05, 4.69) is 30.4 Å². The van der Waals surface area contributed by atoms with Crippen LogP contribution in [0.3, 0.4) is 0 Å². The molecule has 0 aliphatic heterocycles. The Bertz CT molecular complexity index is 312. The number of aryl methyl sites for hydroxylation is 1. The van der Waals surface area contributed by atoms with E-state index in [0.717, 1.165) is 18.6 Å². The zero-order valence-electron chi connectivity index (χ0n) is 9.54. The summed E-state index contributed by atoms with van der Waals surface area (Å²) in [6.45, 7) is 6.15. The third-order valence-corrected chi connectivity index (χ3v) is 2.76. The molecule has 0 heterocycles. The summed E-state index contributed by atoms with van der Waals surface area (Å²) in [6.07, 6.45) is 1.73. The highest BCUT2D eigenvalue weighted by Crippen LogP contribution is 2.24. The lowest BCUT2D eigenvalue weighted by atomic mass is 10.0. The molecule has 0 aliphatic carbocycles. The normalized spacial score (nSPS) is 12.5. The first-order valence-electron chi connectivity index (χ1n) is 5.32. The Morgan fingerprint density at radius 3 is 2.53 bits per heavy atom. The van der Waals surface area contributed by atoms with Crippen molar-refractivity contribution >= 4 is 10.5 Å². The molecule has 0 amide bonds. The van der Waals surface area contributed by atoms with Gasteiger partial charge in [0.1, 0.15) is 5.75 Å². The van der Waals surface area contributed by atoms with Crippen molar-refractivity contribution < 1.29 is 9.16 Å². The molecule has 0 aromatic heterocycles. The van der Waals surface area contributed by atoms with Crippen LogP contribution in [0, 0.1) is 0 Å². The zero-order valence-corrected chi connectivity index (χ0v) is 10.5. The van der Waals surface area contributed by atoms with Gasteiger partial charge in [-0.05, 0) is 37.0 Å². The summed E-state index contributed by atoms with van der Waals surface area (Å²) < 4.78 is 10.6. The lowest BCUT2D eigenvalue weighted by molar-refractivity contribution is 0.0288. The topological polar surface area (TPSA) is 18.5 Å². The van der Waals surface area contributed by atoms with Crippen molar-refractivity contribution in [3.8, 4) is 5.75 Å². The Balaban J connectivity index is 2.95. The van der Waals surface area contributed by atoms with Gasteiger partial charge in [-0.1, -0.05) is 26.0 Å². The van der Waals surface area contributed by atoms with Crippen LogP contribution in [0.5, 0.6) is 5.75 Å². The zero-order chi connectivity index (χ0) is 11.3. The molecule has 0 spiro atoms. The fourth-order valence-corrected chi connectivity index (χ4v) is 1.71. The first kappa shape index (κ1) is 12.3. The molecule has 0 fully saturated rings. The Hall–Kier alpha value is -0.803. The third-order valence-electron chi connectivity index (χ3n) is 2.42. The molecule has 2 nitrogen and oxygen atoms in total. The highest BCUT2D eigenvalue weighted by atomic mass is 28.2. The van der Waals surface area contributed by atoms with Gasteiger partial charge in [0.2, 0.25) is 0 Å². The quantitative estimate of drug-likeness (QED) is 0.562. The molecule has 15 heavy (non-hydrogen) atoms. The maximum atomic E-state index is 5.66. The molecule has 1 atom stereocenters. The summed E-state index contributed by atoms with van der Waals surface area (Å²) in [5.74, 6) is 0.919. The number of benzene rings is 1. The van der Waals surface area contributed by atoms with Gasteiger partial charge in [-0.3, -0.25) is 0 Å². The molecule has 0 saturated heterocycles. The number of hydrogen-bond acceptors (Lipinski definition) is 2. The van der Waals surface area contributed by atoms with E-state index in [-0.39, 0.29) is 6.29 Å². The lowest BCUT2D eigenvalue weighted by Crippen LogP contribution is -2.15. The highest BCUT2D eigenvalue weighted by Gasteiger charge is 2.08. The van der Waals surface area contributed by atoms with Gasteiger partial charge in [0.05, 0.1) is 0 Å². The fraction of sp³-hybridized carbons (Fsp3) is 0.500. The van der Waals surface area contributed by atoms with Gasteiger partial charge in [-0.25, -0.2) is 0 Å². The second-order valence-corrected chi connectivity index (χ2v) is 3.64. The molecule has 3 radical (unpaired) electrons. The average molecular weight is 221 g/mol. The highest BCUT2D eigenvalue weighted by molar-refractivity contribution is 5.98. The van der Waals surface area contributed by atoms with Crippen molar-refractivity contribution in [3.05, 3.63) is 29.3 Å². The first-order chi connectivity index (χ1) is 7.22. The summed E-state index contributed by atoms with van der Waals surface area (Å²) in [5.41, 5.74) is 2.62. The molecule has 1 rings (SSSR count). The fourth-order valence-electron chi connectivity index (χ4n) is 1.66. The van der Waals surface area contributed by atoms with Crippen LogP contribution in [0.1, 0.15) is 31.9 Å². The van der Waals surface area contributed by atoms with E-state index in [0.29, 0.717) is 0 Å².